The van der Waals surface area contributed by atoms with Gasteiger partial charge >= 0.3 is 18.0 Å². The first-order valence-corrected chi connectivity index (χ1v) is 14.0. The molecule has 2 amide bonds. The molecule has 0 saturated heterocycles. The molecule has 0 aliphatic carbocycles. The highest BCUT2D eigenvalue weighted by Gasteiger charge is 2.38. The summed E-state index contributed by atoms with van der Waals surface area (Å²) in [6.07, 6.45) is 1.63. The summed E-state index contributed by atoms with van der Waals surface area (Å²) in [4.78, 5) is 43.6. The second-order valence-electron chi connectivity index (χ2n) is 10.0. The van der Waals surface area contributed by atoms with Crippen LogP contribution in [-0.2, 0) is 45.1 Å². The molecule has 3 aromatic carbocycles. The second kappa shape index (κ2) is 14.3. The molecule has 40 heavy (non-hydrogen) atoms. The number of esters is 2. The number of aryl methyl sites for hydroxylation is 1. The van der Waals surface area contributed by atoms with Gasteiger partial charge in [0.2, 0.25) is 0 Å². The molecule has 1 aliphatic rings. The van der Waals surface area contributed by atoms with Crippen LogP contribution in [0.5, 0.6) is 0 Å². The van der Waals surface area contributed by atoms with Crippen molar-refractivity contribution in [3.63, 3.8) is 0 Å². The van der Waals surface area contributed by atoms with Gasteiger partial charge < -0.3 is 19.3 Å². The van der Waals surface area contributed by atoms with Gasteiger partial charge in [0.15, 0.2) is 0 Å². The first kappa shape index (κ1) is 28.9. The molecule has 0 saturated carbocycles. The number of ether oxygens (including phenoxy) is 2. The Morgan fingerprint density at radius 1 is 0.850 bits per heavy atom. The summed E-state index contributed by atoms with van der Waals surface area (Å²) >= 11 is 0. The molecule has 1 heterocycles. The van der Waals surface area contributed by atoms with Crippen LogP contribution in [0.25, 0.3) is 0 Å². The van der Waals surface area contributed by atoms with Crippen molar-refractivity contribution in [1.82, 2.24) is 9.80 Å². The molecule has 7 heteroatoms. The van der Waals surface area contributed by atoms with Gasteiger partial charge in [-0.05, 0) is 48.9 Å². The predicted molar refractivity (Wildman–Crippen MR) is 153 cm³/mol. The van der Waals surface area contributed by atoms with E-state index in [4.69, 9.17) is 9.47 Å². The van der Waals surface area contributed by atoms with E-state index >= 15 is 0 Å². The number of nitrogens with zero attached hydrogens (tertiary/aromatic N) is 2. The van der Waals surface area contributed by atoms with Crippen molar-refractivity contribution in [2.24, 2.45) is 5.92 Å². The average Bonchev–Trinajstić information content (AvgIpc) is 3.00. The number of carbonyl (C=O) groups is 3. The maximum Gasteiger partial charge on any atom is 0.329 e. The first-order valence-electron chi connectivity index (χ1n) is 14.0. The van der Waals surface area contributed by atoms with Crippen LogP contribution in [-0.4, -0.2) is 53.5 Å². The van der Waals surface area contributed by atoms with Gasteiger partial charge in [-0.2, -0.15) is 0 Å². The standard InChI is InChI=1S/C33H38N2O5/c1-3-34(22-29(31(36)39-4-2)20-19-25-13-7-5-8-14-25)33(38)35-23-28-18-12-11-17-27(28)21-30(35)32(37)40-24-26-15-9-6-10-16-26/h5-18,29-30H,3-4,19-24H2,1-2H3/t29-,30+/m1/s1. The summed E-state index contributed by atoms with van der Waals surface area (Å²) in [5, 5.41) is 0. The number of urea groups is 1. The average molecular weight is 543 g/mol. The molecule has 2 atom stereocenters. The monoisotopic (exact) mass is 542 g/mol. The number of fused-ring (bicyclic) bond motifs is 1. The minimum Gasteiger partial charge on any atom is -0.466 e. The number of benzene rings is 3. The van der Waals surface area contributed by atoms with Crippen LogP contribution in [0.3, 0.4) is 0 Å². The van der Waals surface area contributed by atoms with Gasteiger partial charge in [0, 0.05) is 26.1 Å². The van der Waals surface area contributed by atoms with Crippen LogP contribution >= 0.6 is 0 Å². The highest BCUT2D eigenvalue weighted by Crippen LogP contribution is 2.26. The Labute approximate surface area is 236 Å². The quantitative estimate of drug-likeness (QED) is 0.303. The lowest BCUT2D eigenvalue weighted by Crippen LogP contribution is -2.54. The molecule has 210 valence electrons. The number of hydrogen-bond acceptors (Lipinski definition) is 5. The Morgan fingerprint density at radius 2 is 1.48 bits per heavy atom. The fourth-order valence-electron chi connectivity index (χ4n) is 5.08. The van der Waals surface area contributed by atoms with Crippen molar-refractivity contribution in [2.75, 3.05) is 19.7 Å². The minimum atomic E-state index is -0.759. The van der Waals surface area contributed by atoms with Crippen LogP contribution in [0.2, 0.25) is 0 Å². The fourth-order valence-corrected chi connectivity index (χ4v) is 5.08. The Balaban J connectivity index is 1.52. The van der Waals surface area contributed by atoms with E-state index in [9.17, 15) is 14.4 Å². The highest BCUT2D eigenvalue weighted by atomic mass is 16.5. The molecule has 1 aliphatic heterocycles. The smallest absolute Gasteiger partial charge is 0.329 e. The molecule has 0 radical (unpaired) electrons. The maximum atomic E-state index is 14.0. The number of rotatable bonds is 11. The van der Waals surface area contributed by atoms with Crippen molar-refractivity contribution >= 4 is 18.0 Å². The van der Waals surface area contributed by atoms with Crippen molar-refractivity contribution in [1.29, 1.82) is 0 Å². The molecule has 0 aromatic heterocycles. The summed E-state index contributed by atoms with van der Waals surface area (Å²) < 4.78 is 11.1. The normalized spacial score (nSPS) is 15.1. The Bertz CT molecular complexity index is 1260. The maximum absolute atomic E-state index is 14.0. The zero-order valence-corrected chi connectivity index (χ0v) is 23.3. The van der Waals surface area contributed by atoms with Crippen LogP contribution in [0, 0.1) is 5.92 Å². The summed E-state index contributed by atoms with van der Waals surface area (Å²) in [5.74, 6) is -1.23. The molecule has 0 bridgehead atoms. The van der Waals surface area contributed by atoms with Gasteiger partial charge in [-0.3, -0.25) is 4.79 Å². The molecule has 3 aromatic rings. The highest BCUT2D eigenvalue weighted by molar-refractivity contribution is 5.85. The van der Waals surface area contributed by atoms with Crippen molar-refractivity contribution in [3.05, 3.63) is 107 Å². The Hall–Kier alpha value is -4.13. The zero-order valence-electron chi connectivity index (χ0n) is 23.3. The summed E-state index contributed by atoms with van der Waals surface area (Å²) in [7, 11) is 0. The van der Waals surface area contributed by atoms with E-state index in [0.29, 0.717) is 32.4 Å². The van der Waals surface area contributed by atoms with Crippen LogP contribution in [0.4, 0.5) is 4.79 Å². The SMILES string of the molecule is CCOC(=O)[C@H](CCc1ccccc1)CN(CC)C(=O)N1Cc2ccccc2C[C@H]1C(=O)OCc1ccccc1. The fraction of sp³-hybridized carbons (Fsp3) is 0.364. The molecular weight excluding hydrogens is 504 g/mol. The molecule has 7 nitrogen and oxygen atoms in total. The van der Waals surface area contributed by atoms with E-state index in [1.807, 2.05) is 91.9 Å². The van der Waals surface area contributed by atoms with Gasteiger partial charge in [0.05, 0.1) is 12.5 Å². The summed E-state index contributed by atoms with van der Waals surface area (Å²) in [5.41, 5.74) is 4.05. The molecular formula is C33H38N2O5. The van der Waals surface area contributed by atoms with E-state index in [1.165, 1.54) is 0 Å². The predicted octanol–water partition coefficient (Wildman–Crippen LogP) is 5.41. The van der Waals surface area contributed by atoms with Gasteiger partial charge in [-0.25, -0.2) is 9.59 Å². The lowest BCUT2D eigenvalue weighted by molar-refractivity contribution is -0.152. The van der Waals surface area contributed by atoms with E-state index < -0.39 is 17.9 Å². The zero-order chi connectivity index (χ0) is 28.3. The van der Waals surface area contributed by atoms with Crippen molar-refractivity contribution in [2.45, 2.75) is 52.3 Å². The third-order valence-electron chi connectivity index (χ3n) is 7.33. The minimum absolute atomic E-state index is 0.141. The van der Waals surface area contributed by atoms with E-state index in [2.05, 4.69) is 0 Å². The number of amides is 2. The third kappa shape index (κ3) is 7.50. The third-order valence-corrected chi connectivity index (χ3v) is 7.33. The molecule has 0 unspecified atom stereocenters. The van der Waals surface area contributed by atoms with Gasteiger partial charge in [0.25, 0.3) is 0 Å². The topological polar surface area (TPSA) is 76.2 Å². The number of carbonyl (C=O) groups excluding carboxylic acids is 3. The van der Waals surface area contributed by atoms with Crippen LogP contribution in [0.1, 0.15) is 42.5 Å². The summed E-state index contributed by atoms with van der Waals surface area (Å²) in [6, 6.07) is 26.3. The van der Waals surface area contributed by atoms with Crippen LogP contribution in [0.15, 0.2) is 84.9 Å². The molecule has 4 rings (SSSR count). The van der Waals surface area contributed by atoms with Crippen molar-refractivity contribution in [3.8, 4) is 0 Å². The van der Waals surface area contributed by atoms with Gasteiger partial charge in [-0.15, -0.1) is 0 Å². The number of hydrogen-bond donors (Lipinski definition) is 0. The van der Waals surface area contributed by atoms with E-state index in [-0.39, 0.29) is 31.8 Å². The molecule has 0 fully saturated rings. The largest absolute Gasteiger partial charge is 0.466 e. The van der Waals surface area contributed by atoms with Crippen LogP contribution < -0.4 is 0 Å². The van der Waals surface area contributed by atoms with E-state index in [1.54, 1.807) is 16.7 Å². The lowest BCUT2D eigenvalue weighted by atomic mass is 9.94. The lowest BCUT2D eigenvalue weighted by Gasteiger charge is -2.39. The molecule has 0 N–H and O–H groups in total. The first-order chi connectivity index (χ1) is 19.5. The molecule has 0 spiro atoms. The summed E-state index contributed by atoms with van der Waals surface area (Å²) in [6.45, 7) is 4.99. The van der Waals surface area contributed by atoms with Gasteiger partial charge in [0.1, 0.15) is 12.6 Å². The van der Waals surface area contributed by atoms with E-state index in [0.717, 1.165) is 22.3 Å². The Kier molecular flexibility index (Phi) is 10.3. The van der Waals surface area contributed by atoms with Crippen molar-refractivity contribution < 1.29 is 23.9 Å². The second-order valence-corrected chi connectivity index (χ2v) is 10.0. The van der Waals surface area contributed by atoms with Gasteiger partial charge in [-0.1, -0.05) is 84.9 Å². The Morgan fingerprint density at radius 3 is 2.12 bits per heavy atom.